The van der Waals surface area contributed by atoms with Crippen LogP contribution in [0.15, 0.2) is 77.8 Å². The van der Waals surface area contributed by atoms with Gasteiger partial charge in [-0.25, -0.2) is 8.42 Å². The van der Waals surface area contributed by atoms with Gasteiger partial charge in [-0.05, 0) is 47.5 Å². The van der Waals surface area contributed by atoms with E-state index in [1.54, 1.807) is 24.3 Å². The molecule has 164 valence electrons. The Hall–Kier alpha value is -2.80. The molecule has 0 aliphatic heterocycles. The predicted octanol–water partition coefficient (Wildman–Crippen LogP) is 5.44. The molecule has 1 atom stereocenters. The van der Waals surface area contributed by atoms with Crippen LogP contribution in [0.3, 0.4) is 0 Å². The number of halogens is 2. The predicted molar refractivity (Wildman–Crippen MR) is 128 cm³/mol. The Bertz CT molecular complexity index is 1410. The second-order valence-electron chi connectivity index (χ2n) is 7.52. The smallest absolute Gasteiger partial charge is 0.251 e. The van der Waals surface area contributed by atoms with Gasteiger partial charge in [-0.2, -0.15) is 0 Å². The van der Waals surface area contributed by atoms with Crippen LogP contribution < -0.4 is 5.32 Å². The number of hydrogen-bond acceptors (Lipinski definition) is 3. The van der Waals surface area contributed by atoms with E-state index in [1.807, 2.05) is 36.5 Å². The molecule has 0 aliphatic rings. The van der Waals surface area contributed by atoms with Crippen LogP contribution in [0, 0.1) is 0 Å². The highest BCUT2D eigenvalue weighted by atomic mass is 35.5. The monoisotopic (exact) mass is 486 g/mol. The van der Waals surface area contributed by atoms with Crippen LogP contribution in [0.4, 0.5) is 0 Å². The second-order valence-corrected chi connectivity index (χ2v) is 10.4. The minimum atomic E-state index is -3.42. The van der Waals surface area contributed by atoms with Crippen molar-refractivity contribution >= 4 is 49.8 Å². The van der Waals surface area contributed by atoms with Gasteiger partial charge in [0.05, 0.1) is 4.90 Å². The molecule has 0 spiro atoms. The molecule has 1 amide bonds. The van der Waals surface area contributed by atoms with Gasteiger partial charge in [0.15, 0.2) is 9.84 Å². The van der Waals surface area contributed by atoms with Crippen LogP contribution in [-0.2, 0) is 9.84 Å². The third kappa shape index (κ3) is 4.67. The highest BCUT2D eigenvalue weighted by molar-refractivity contribution is 7.90. The average molecular weight is 487 g/mol. The number of carbonyl (C=O) groups excluding carboxylic acids is 1. The fourth-order valence-corrected chi connectivity index (χ4v) is 4.93. The molecule has 1 heterocycles. The van der Waals surface area contributed by atoms with Crippen molar-refractivity contribution in [2.24, 2.45) is 0 Å². The first-order chi connectivity index (χ1) is 15.2. The van der Waals surface area contributed by atoms with E-state index in [1.165, 1.54) is 12.1 Å². The van der Waals surface area contributed by atoms with Crippen molar-refractivity contribution in [3.05, 3.63) is 99.7 Å². The number of fused-ring (bicyclic) bond motifs is 1. The Kier molecular flexibility index (Phi) is 6.29. The number of amides is 1. The van der Waals surface area contributed by atoms with Crippen molar-refractivity contribution in [2.75, 3.05) is 12.8 Å². The number of para-hydroxylation sites is 1. The molecule has 1 aromatic heterocycles. The Morgan fingerprint density at radius 1 is 1.00 bits per heavy atom. The molecule has 0 aliphatic carbocycles. The summed E-state index contributed by atoms with van der Waals surface area (Å²) in [4.78, 5) is 16.2. The molecule has 0 bridgehead atoms. The first-order valence-electron chi connectivity index (χ1n) is 9.83. The van der Waals surface area contributed by atoms with Gasteiger partial charge in [-0.1, -0.05) is 53.5 Å². The molecular weight excluding hydrogens is 467 g/mol. The SMILES string of the molecule is CS(=O)(=O)c1cccc(C(=O)NCC(c2ccc(Cl)cc2Cl)c2c[nH]c3ccccc23)c1. The zero-order valence-corrected chi connectivity index (χ0v) is 19.4. The number of nitrogens with one attached hydrogen (secondary N) is 2. The minimum Gasteiger partial charge on any atom is -0.361 e. The standard InChI is InChI=1S/C24H20Cl2N2O3S/c1-32(30,31)17-6-4-5-15(11-17)24(29)28-14-20(18-10-9-16(25)12-22(18)26)21-13-27-23-8-3-2-7-19(21)23/h2-13,20,27H,14H2,1H3,(H,28,29). The number of aromatic nitrogens is 1. The maximum absolute atomic E-state index is 12.9. The molecule has 4 rings (SSSR count). The van der Waals surface area contributed by atoms with Crippen molar-refractivity contribution in [3.63, 3.8) is 0 Å². The summed E-state index contributed by atoms with van der Waals surface area (Å²) in [6, 6.07) is 19.2. The molecule has 2 N–H and O–H groups in total. The van der Waals surface area contributed by atoms with E-state index in [-0.39, 0.29) is 28.8 Å². The van der Waals surface area contributed by atoms with Crippen LogP contribution in [0.5, 0.6) is 0 Å². The van der Waals surface area contributed by atoms with Crippen LogP contribution >= 0.6 is 23.2 Å². The summed E-state index contributed by atoms with van der Waals surface area (Å²) >= 11 is 12.6. The molecular formula is C24H20Cl2N2O3S. The fraction of sp³-hybridized carbons (Fsp3) is 0.125. The summed E-state index contributed by atoms with van der Waals surface area (Å²) in [6.45, 7) is 0.255. The number of sulfone groups is 1. The summed E-state index contributed by atoms with van der Waals surface area (Å²) in [6.07, 6.45) is 3.02. The molecule has 0 saturated heterocycles. The lowest BCUT2D eigenvalue weighted by Gasteiger charge is -2.20. The Balaban J connectivity index is 1.68. The lowest BCUT2D eigenvalue weighted by molar-refractivity contribution is 0.0952. The zero-order valence-electron chi connectivity index (χ0n) is 17.1. The van der Waals surface area contributed by atoms with E-state index in [0.29, 0.717) is 10.0 Å². The van der Waals surface area contributed by atoms with Gasteiger partial charge < -0.3 is 10.3 Å². The van der Waals surface area contributed by atoms with Crippen LogP contribution in [0.25, 0.3) is 10.9 Å². The topological polar surface area (TPSA) is 79.0 Å². The number of carbonyl (C=O) groups is 1. The lowest BCUT2D eigenvalue weighted by atomic mass is 9.90. The summed E-state index contributed by atoms with van der Waals surface area (Å²) in [7, 11) is -3.42. The van der Waals surface area contributed by atoms with Gasteiger partial charge >= 0.3 is 0 Å². The minimum absolute atomic E-state index is 0.0964. The molecule has 0 saturated carbocycles. The first kappa shape index (κ1) is 22.4. The van der Waals surface area contributed by atoms with Crippen LogP contribution in [-0.4, -0.2) is 32.1 Å². The van der Waals surface area contributed by atoms with Gasteiger partial charge in [-0.15, -0.1) is 0 Å². The first-order valence-corrected chi connectivity index (χ1v) is 12.5. The number of aromatic amines is 1. The van der Waals surface area contributed by atoms with Gasteiger partial charge in [0.25, 0.3) is 5.91 Å². The molecule has 0 radical (unpaired) electrons. The third-order valence-electron chi connectivity index (χ3n) is 5.33. The summed E-state index contributed by atoms with van der Waals surface area (Å²) in [5.74, 6) is -0.622. The second kappa shape index (κ2) is 8.98. The van der Waals surface area contributed by atoms with Crippen LogP contribution in [0.1, 0.15) is 27.4 Å². The highest BCUT2D eigenvalue weighted by Crippen LogP contribution is 2.35. The Labute approximate surface area is 196 Å². The lowest BCUT2D eigenvalue weighted by Crippen LogP contribution is -2.29. The van der Waals surface area contributed by atoms with E-state index < -0.39 is 9.84 Å². The zero-order chi connectivity index (χ0) is 22.9. The van der Waals surface area contributed by atoms with Crippen molar-refractivity contribution in [1.29, 1.82) is 0 Å². The molecule has 3 aromatic carbocycles. The fourth-order valence-electron chi connectivity index (χ4n) is 3.72. The molecule has 4 aromatic rings. The Morgan fingerprint density at radius 2 is 1.78 bits per heavy atom. The summed E-state index contributed by atoms with van der Waals surface area (Å²) in [5.41, 5.74) is 3.05. The van der Waals surface area contributed by atoms with E-state index in [0.717, 1.165) is 28.3 Å². The van der Waals surface area contributed by atoms with Crippen molar-refractivity contribution < 1.29 is 13.2 Å². The van der Waals surface area contributed by atoms with Gasteiger partial charge in [0.2, 0.25) is 0 Å². The Morgan fingerprint density at radius 3 is 2.53 bits per heavy atom. The van der Waals surface area contributed by atoms with Gasteiger partial charge in [-0.3, -0.25) is 4.79 Å². The van der Waals surface area contributed by atoms with E-state index >= 15 is 0 Å². The molecule has 5 nitrogen and oxygen atoms in total. The van der Waals surface area contributed by atoms with Crippen molar-refractivity contribution in [3.8, 4) is 0 Å². The number of rotatable bonds is 6. The maximum atomic E-state index is 12.9. The van der Waals surface area contributed by atoms with Gasteiger partial charge in [0, 0.05) is 51.4 Å². The largest absolute Gasteiger partial charge is 0.361 e. The van der Waals surface area contributed by atoms with E-state index in [9.17, 15) is 13.2 Å². The third-order valence-corrected chi connectivity index (χ3v) is 7.00. The average Bonchev–Trinajstić information content (AvgIpc) is 3.18. The quantitative estimate of drug-likeness (QED) is 0.380. The number of benzene rings is 3. The van der Waals surface area contributed by atoms with Crippen LogP contribution in [0.2, 0.25) is 10.0 Å². The number of H-pyrrole nitrogens is 1. The molecule has 0 fully saturated rings. The maximum Gasteiger partial charge on any atom is 0.251 e. The van der Waals surface area contributed by atoms with E-state index in [4.69, 9.17) is 23.2 Å². The molecule has 8 heteroatoms. The summed E-state index contributed by atoms with van der Waals surface area (Å²) < 4.78 is 23.7. The molecule has 32 heavy (non-hydrogen) atoms. The van der Waals surface area contributed by atoms with Gasteiger partial charge in [0.1, 0.15) is 0 Å². The van der Waals surface area contributed by atoms with E-state index in [2.05, 4.69) is 10.3 Å². The number of hydrogen-bond donors (Lipinski definition) is 2. The van der Waals surface area contributed by atoms with Crippen molar-refractivity contribution in [2.45, 2.75) is 10.8 Å². The summed E-state index contributed by atoms with van der Waals surface area (Å²) in [5, 5.41) is 4.98. The van der Waals surface area contributed by atoms with Crippen molar-refractivity contribution in [1.82, 2.24) is 10.3 Å². The molecule has 1 unspecified atom stereocenters. The normalized spacial score (nSPS) is 12.6. The highest BCUT2D eigenvalue weighted by Gasteiger charge is 2.22.